The molecule has 0 fully saturated rings. The minimum Gasteiger partial charge on any atom is -0.342 e. The summed E-state index contributed by atoms with van der Waals surface area (Å²) in [6.07, 6.45) is 6.88. The fraction of sp³-hybridized carbons (Fsp3) is 0.364. The van der Waals surface area contributed by atoms with E-state index in [2.05, 4.69) is 5.92 Å². The summed E-state index contributed by atoms with van der Waals surface area (Å²) in [5, 5.41) is 0.564. The molecule has 80 valence electrons. The number of amides is 1. The number of hydrogen-bond acceptors (Lipinski definition) is 1. The zero-order valence-electron chi connectivity index (χ0n) is 8.83. The highest BCUT2D eigenvalue weighted by Crippen LogP contribution is 2.15. The summed E-state index contributed by atoms with van der Waals surface area (Å²) in [5.74, 6) is 2.32. The molecule has 15 heavy (non-hydrogen) atoms. The lowest BCUT2D eigenvalue weighted by molar-refractivity contribution is 0.0802. The minimum atomic E-state index is -0.110. The average molecular weight is 225 g/mol. The number of aromatic nitrogens is 1. The van der Waals surface area contributed by atoms with Crippen LogP contribution in [0.15, 0.2) is 12.3 Å². The van der Waals surface area contributed by atoms with E-state index in [0.717, 1.165) is 0 Å². The van der Waals surface area contributed by atoms with Gasteiger partial charge in [0, 0.05) is 19.8 Å². The maximum atomic E-state index is 11.9. The third kappa shape index (κ3) is 2.54. The van der Waals surface area contributed by atoms with Gasteiger partial charge in [-0.05, 0) is 13.0 Å². The molecule has 4 heteroatoms. The molecule has 1 aromatic heterocycles. The van der Waals surface area contributed by atoms with E-state index >= 15 is 0 Å². The predicted molar refractivity (Wildman–Crippen MR) is 60.9 cm³/mol. The molecule has 0 atom stereocenters. The zero-order valence-corrected chi connectivity index (χ0v) is 9.58. The smallest absolute Gasteiger partial charge is 0.271 e. The first kappa shape index (κ1) is 11.7. The maximum absolute atomic E-state index is 11.9. The van der Waals surface area contributed by atoms with Crippen molar-refractivity contribution in [3.8, 4) is 12.3 Å². The van der Waals surface area contributed by atoms with E-state index in [1.54, 1.807) is 23.9 Å². The Hall–Kier alpha value is -1.40. The maximum Gasteiger partial charge on any atom is 0.271 e. The van der Waals surface area contributed by atoms with Crippen LogP contribution in [0, 0.1) is 12.3 Å². The Labute approximate surface area is 94.6 Å². The van der Waals surface area contributed by atoms with Crippen molar-refractivity contribution in [3.63, 3.8) is 0 Å². The molecule has 1 rings (SSSR count). The van der Waals surface area contributed by atoms with Crippen LogP contribution in [-0.4, -0.2) is 29.0 Å². The molecule has 1 aromatic rings. The third-order valence-corrected chi connectivity index (χ3v) is 2.30. The monoisotopic (exact) mass is 224 g/mol. The normalized spacial score (nSPS) is 9.73. The summed E-state index contributed by atoms with van der Waals surface area (Å²) >= 11 is 5.84. The van der Waals surface area contributed by atoms with Gasteiger partial charge in [-0.3, -0.25) is 4.79 Å². The van der Waals surface area contributed by atoms with Crippen LogP contribution in [0.25, 0.3) is 0 Å². The molecule has 0 unspecified atom stereocenters. The van der Waals surface area contributed by atoms with Crippen molar-refractivity contribution in [3.05, 3.63) is 23.0 Å². The first-order valence-corrected chi connectivity index (χ1v) is 5.02. The van der Waals surface area contributed by atoms with Crippen molar-refractivity contribution in [2.24, 2.45) is 0 Å². The van der Waals surface area contributed by atoms with Crippen LogP contribution in [0.4, 0.5) is 0 Å². The summed E-state index contributed by atoms with van der Waals surface area (Å²) < 4.78 is 1.80. The number of terminal acetylenes is 1. The van der Waals surface area contributed by atoms with Crippen molar-refractivity contribution < 1.29 is 4.79 Å². The second-order valence-electron chi connectivity index (χ2n) is 3.19. The van der Waals surface area contributed by atoms with Gasteiger partial charge >= 0.3 is 0 Å². The van der Waals surface area contributed by atoms with E-state index < -0.39 is 0 Å². The molecule has 0 N–H and O–H groups in total. The van der Waals surface area contributed by atoms with Crippen LogP contribution in [-0.2, 0) is 6.54 Å². The number of halogens is 1. The van der Waals surface area contributed by atoms with E-state index in [4.69, 9.17) is 18.0 Å². The van der Waals surface area contributed by atoms with Gasteiger partial charge in [-0.2, -0.15) is 0 Å². The van der Waals surface area contributed by atoms with Crippen LogP contribution in [0.1, 0.15) is 17.4 Å². The predicted octanol–water partition coefficient (Wildman–Crippen LogP) is 1.87. The molecule has 0 saturated carbocycles. The second-order valence-corrected chi connectivity index (χ2v) is 3.63. The van der Waals surface area contributed by atoms with Crippen molar-refractivity contribution in [2.45, 2.75) is 13.5 Å². The largest absolute Gasteiger partial charge is 0.342 e. The van der Waals surface area contributed by atoms with Gasteiger partial charge in [0.1, 0.15) is 5.69 Å². The van der Waals surface area contributed by atoms with E-state index in [-0.39, 0.29) is 5.91 Å². The number of carbonyl (C=O) groups excluding carboxylic acids is 1. The van der Waals surface area contributed by atoms with Gasteiger partial charge in [0.25, 0.3) is 5.91 Å². The van der Waals surface area contributed by atoms with Crippen molar-refractivity contribution >= 4 is 17.5 Å². The van der Waals surface area contributed by atoms with Crippen LogP contribution in [0.5, 0.6) is 0 Å². The summed E-state index contributed by atoms with van der Waals surface area (Å²) in [7, 11) is 1.67. The van der Waals surface area contributed by atoms with Crippen LogP contribution >= 0.6 is 11.6 Å². The minimum absolute atomic E-state index is 0.110. The van der Waals surface area contributed by atoms with Gasteiger partial charge in [-0.25, -0.2) is 0 Å². The molecule has 0 aliphatic rings. The molecular formula is C11H13ClN2O. The van der Waals surface area contributed by atoms with Crippen molar-refractivity contribution in [1.82, 2.24) is 9.47 Å². The quantitative estimate of drug-likeness (QED) is 0.720. The van der Waals surface area contributed by atoms with Gasteiger partial charge in [-0.15, -0.1) is 6.42 Å². The molecule has 0 aliphatic carbocycles. The molecule has 0 aromatic carbocycles. The van der Waals surface area contributed by atoms with E-state index in [0.29, 0.717) is 23.8 Å². The van der Waals surface area contributed by atoms with Crippen LogP contribution in [0.3, 0.4) is 0 Å². The molecule has 0 radical (unpaired) electrons. The van der Waals surface area contributed by atoms with Gasteiger partial charge in [0.2, 0.25) is 0 Å². The first-order valence-electron chi connectivity index (χ1n) is 4.64. The summed E-state index contributed by atoms with van der Waals surface area (Å²) in [6, 6.07) is 1.65. The Bertz CT molecular complexity index is 403. The number of nitrogens with zero attached hydrogens (tertiary/aromatic N) is 2. The number of carbonyl (C=O) groups is 1. The molecular weight excluding hydrogens is 212 g/mol. The van der Waals surface area contributed by atoms with E-state index in [9.17, 15) is 4.79 Å². The number of hydrogen-bond donors (Lipinski definition) is 0. The SMILES string of the molecule is C#CCN(C)C(=O)c1cc(Cl)cn1CC. The zero-order chi connectivity index (χ0) is 11.4. The Morgan fingerprint density at radius 1 is 1.73 bits per heavy atom. The highest BCUT2D eigenvalue weighted by atomic mass is 35.5. The van der Waals surface area contributed by atoms with E-state index in [1.165, 1.54) is 4.90 Å². The summed E-state index contributed by atoms with van der Waals surface area (Å²) in [5.41, 5.74) is 0.570. The summed E-state index contributed by atoms with van der Waals surface area (Å²) in [4.78, 5) is 13.4. The standard InChI is InChI=1S/C11H13ClN2O/c1-4-6-13(3)11(15)10-7-9(12)8-14(10)5-2/h1,7-8H,5-6H2,2-3H3. The van der Waals surface area contributed by atoms with Crippen molar-refractivity contribution in [1.29, 1.82) is 0 Å². The molecule has 3 nitrogen and oxygen atoms in total. The second kappa shape index (κ2) is 4.90. The molecule has 0 saturated heterocycles. The van der Waals surface area contributed by atoms with Gasteiger partial charge in [0.05, 0.1) is 11.6 Å². The van der Waals surface area contributed by atoms with E-state index in [1.807, 2.05) is 6.92 Å². The lowest BCUT2D eigenvalue weighted by Crippen LogP contribution is -2.28. The van der Waals surface area contributed by atoms with Crippen LogP contribution in [0.2, 0.25) is 5.02 Å². The first-order chi connectivity index (χ1) is 7.10. The van der Waals surface area contributed by atoms with Gasteiger partial charge in [-0.1, -0.05) is 17.5 Å². The molecule has 1 amide bonds. The van der Waals surface area contributed by atoms with Gasteiger partial charge < -0.3 is 9.47 Å². The summed E-state index contributed by atoms with van der Waals surface area (Å²) in [6.45, 7) is 2.96. The van der Waals surface area contributed by atoms with Crippen LogP contribution < -0.4 is 0 Å². The average Bonchev–Trinajstić information content (AvgIpc) is 2.58. The third-order valence-electron chi connectivity index (χ3n) is 2.10. The Balaban J connectivity index is 2.95. The Kier molecular flexibility index (Phi) is 3.81. The lowest BCUT2D eigenvalue weighted by Gasteiger charge is -2.14. The van der Waals surface area contributed by atoms with Gasteiger partial charge in [0.15, 0.2) is 0 Å². The molecule has 0 spiro atoms. The molecule has 0 aliphatic heterocycles. The Morgan fingerprint density at radius 2 is 2.40 bits per heavy atom. The highest BCUT2D eigenvalue weighted by Gasteiger charge is 2.15. The Morgan fingerprint density at radius 3 is 2.93 bits per heavy atom. The molecule has 0 bridgehead atoms. The number of rotatable bonds is 3. The fourth-order valence-corrected chi connectivity index (χ4v) is 1.54. The topological polar surface area (TPSA) is 25.2 Å². The fourth-order valence-electron chi connectivity index (χ4n) is 1.32. The number of aryl methyl sites for hydroxylation is 1. The van der Waals surface area contributed by atoms with Crippen molar-refractivity contribution in [2.75, 3.05) is 13.6 Å². The lowest BCUT2D eigenvalue weighted by atomic mass is 10.3. The molecule has 1 heterocycles. The highest BCUT2D eigenvalue weighted by molar-refractivity contribution is 6.31.